The summed E-state index contributed by atoms with van der Waals surface area (Å²) in [6.07, 6.45) is 3.85. The van der Waals surface area contributed by atoms with E-state index in [1.807, 2.05) is 6.92 Å². The number of likely N-dealkylation sites (N-methyl/N-ethyl adjacent to an activating group) is 1. The molecule has 0 aromatic rings. The Hall–Kier alpha value is -1.10. The Balaban J connectivity index is 1.88. The van der Waals surface area contributed by atoms with Gasteiger partial charge in [0.05, 0.1) is 12.0 Å². The Bertz CT molecular complexity index is 333. The van der Waals surface area contributed by atoms with E-state index in [0.29, 0.717) is 6.04 Å². The first-order chi connectivity index (χ1) is 8.57. The minimum atomic E-state index is -0.297. The van der Waals surface area contributed by atoms with Crippen LogP contribution in [0.1, 0.15) is 32.6 Å². The number of nitrogens with one attached hydrogen (secondary N) is 2. The van der Waals surface area contributed by atoms with Gasteiger partial charge in [0, 0.05) is 19.6 Å². The molecule has 1 atom stereocenters. The second-order valence-electron chi connectivity index (χ2n) is 5.56. The van der Waals surface area contributed by atoms with Crippen molar-refractivity contribution in [3.05, 3.63) is 0 Å². The molecule has 0 bridgehead atoms. The molecule has 0 radical (unpaired) electrons. The first-order valence-corrected chi connectivity index (χ1v) is 6.83. The van der Waals surface area contributed by atoms with E-state index in [2.05, 4.69) is 10.6 Å². The van der Waals surface area contributed by atoms with Crippen molar-refractivity contribution in [3.8, 4) is 0 Å². The van der Waals surface area contributed by atoms with Crippen molar-refractivity contribution in [2.24, 2.45) is 5.41 Å². The monoisotopic (exact) mass is 253 g/mol. The standard InChI is InChI=1S/C13H23N3O2/c1-3-13(6-7-14-9-13)12(18)16(2)8-11(17)15-10-4-5-10/h10,14H,3-9H2,1-2H3,(H,15,17). The minimum Gasteiger partial charge on any atom is -0.352 e. The number of carbonyl (C=O) groups excluding carboxylic acids is 2. The molecule has 1 heterocycles. The molecular weight excluding hydrogens is 230 g/mol. The summed E-state index contributed by atoms with van der Waals surface area (Å²) in [5.74, 6) is 0.0616. The van der Waals surface area contributed by atoms with Gasteiger partial charge < -0.3 is 15.5 Å². The van der Waals surface area contributed by atoms with E-state index in [4.69, 9.17) is 0 Å². The first kappa shape index (κ1) is 13.3. The van der Waals surface area contributed by atoms with Crippen molar-refractivity contribution in [1.29, 1.82) is 0 Å². The fraction of sp³-hybridized carbons (Fsp3) is 0.846. The highest BCUT2D eigenvalue weighted by molar-refractivity contribution is 5.88. The van der Waals surface area contributed by atoms with Crippen LogP contribution in [-0.4, -0.2) is 49.4 Å². The maximum atomic E-state index is 12.4. The van der Waals surface area contributed by atoms with Crippen LogP contribution in [0.2, 0.25) is 0 Å². The van der Waals surface area contributed by atoms with Gasteiger partial charge in [-0.15, -0.1) is 0 Å². The van der Waals surface area contributed by atoms with Crippen LogP contribution in [0.4, 0.5) is 0 Å². The third-order valence-electron chi connectivity index (χ3n) is 4.04. The van der Waals surface area contributed by atoms with E-state index in [0.717, 1.165) is 38.8 Å². The van der Waals surface area contributed by atoms with Gasteiger partial charge in [-0.2, -0.15) is 0 Å². The molecule has 2 aliphatic rings. The number of hydrogen-bond donors (Lipinski definition) is 2. The van der Waals surface area contributed by atoms with Crippen molar-refractivity contribution >= 4 is 11.8 Å². The summed E-state index contributed by atoms with van der Waals surface area (Å²) >= 11 is 0. The molecular formula is C13H23N3O2. The quantitative estimate of drug-likeness (QED) is 0.731. The molecule has 2 fully saturated rings. The van der Waals surface area contributed by atoms with Crippen molar-refractivity contribution < 1.29 is 9.59 Å². The highest BCUT2D eigenvalue weighted by Crippen LogP contribution is 2.31. The molecule has 5 nitrogen and oxygen atoms in total. The third kappa shape index (κ3) is 2.83. The molecule has 1 aliphatic heterocycles. The summed E-state index contributed by atoms with van der Waals surface area (Å²) in [5, 5.41) is 6.16. The van der Waals surface area contributed by atoms with E-state index >= 15 is 0 Å². The zero-order valence-electron chi connectivity index (χ0n) is 11.3. The van der Waals surface area contributed by atoms with Crippen molar-refractivity contribution in [1.82, 2.24) is 15.5 Å². The lowest BCUT2D eigenvalue weighted by Crippen LogP contribution is -2.47. The smallest absolute Gasteiger partial charge is 0.239 e. The molecule has 1 saturated heterocycles. The predicted octanol–water partition coefficient (Wildman–Crippen LogP) is 0.113. The first-order valence-electron chi connectivity index (χ1n) is 6.83. The maximum absolute atomic E-state index is 12.4. The van der Waals surface area contributed by atoms with Crippen molar-refractivity contribution in [2.45, 2.75) is 38.6 Å². The van der Waals surface area contributed by atoms with E-state index in [9.17, 15) is 9.59 Å². The Labute approximate surface area is 108 Å². The molecule has 2 N–H and O–H groups in total. The molecule has 2 rings (SSSR count). The highest BCUT2D eigenvalue weighted by atomic mass is 16.2. The topological polar surface area (TPSA) is 61.4 Å². The van der Waals surface area contributed by atoms with E-state index in [1.54, 1.807) is 11.9 Å². The molecule has 1 unspecified atom stereocenters. The molecule has 0 aromatic carbocycles. The maximum Gasteiger partial charge on any atom is 0.239 e. The zero-order chi connectivity index (χ0) is 13.2. The average Bonchev–Trinajstić information content (AvgIpc) is 3.02. The van der Waals surface area contributed by atoms with Gasteiger partial charge in [-0.05, 0) is 32.2 Å². The fourth-order valence-electron chi connectivity index (χ4n) is 2.57. The van der Waals surface area contributed by atoms with Gasteiger partial charge in [0.2, 0.25) is 11.8 Å². The number of hydrogen-bond acceptors (Lipinski definition) is 3. The lowest BCUT2D eigenvalue weighted by Gasteiger charge is -2.30. The van der Waals surface area contributed by atoms with Gasteiger partial charge in [0.15, 0.2) is 0 Å². The molecule has 2 amide bonds. The molecule has 0 aromatic heterocycles. The Morgan fingerprint density at radius 3 is 2.67 bits per heavy atom. The summed E-state index contributed by atoms with van der Waals surface area (Å²) in [6, 6.07) is 0.356. The Kier molecular flexibility index (Phi) is 3.90. The van der Waals surface area contributed by atoms with E-state index in [1.165, 1.54) is 0 Å². The van der Waals surface area contributed by atoms with E-state index in [-0.39, 0.29) is 23.8 Å². The second kappa shape index (κ2) is 5.26. The summed E-state index contributed by atoms with van der Waals surface area (Å²) < 4.78 is 0. The average molecular weight is 253 g/mol. The minimum absolute atomic E-state index is 0.0365. The number of carbonyl (C=O) groups is 2. The normalized spacial score (nSPS) is 27.0. The predicted molar refractivity (Wildman–Crippen MR) is 69.0 cm³/mol. The lowest BCUT2D eigenvalue weighted by molar-refractivity contribution is -0.143. The van der Waals surface area contributed by atoms with Crippen LogP contribution in [-0.2, 0) is 9.59 Å². The van der Waals surface area contributed by atoms with Crippen LogP contribution in [0.3, 0.4) is 0 Å². The van der Waals surface area contributed by atoms with Gasteiger partial charge in [-0.3, -0.25) is 9.59 Å². The second-order valence-corrected chi connectivity index (χ2v) is 5.56. The summed E-state index contributed by atoms with van der Waals surface area (Å²) in [6.45, 7) is 3.85. The van der Waals surface area contributed by atoms with Gasteiger partial charge in [0.25, 0.3) is 0 Å². The third-order valence-corrected chi connectivity index (χ3v) is 4.04. The van der Waals surface area contributed by atoms with Gasteiger partial charge in [-0.1, -0.05) is 6.92 Å². The van der Waals surface area contributed by atoms with Crippen LogP contribution < -0.4 is 10.6 Å². The number of nitrogens with zero attached hydrogens (tertiary/aromatic N) is 1. The Morgan fingerprint density at radius 2 is 2.17 bits per heavy atom. The molecule has 102 valence electrons. The van der Waals surface area contributed by atoms with Crippen LogP contribution in [0.5, 0.6) is 0 Å². The number of amides is 2. The fourth-order valence-corrected chi connectivity index (χ4v) is 2.57. The van der Waals surface area contributed by atoms with Crippen LogP contribution in [0.15, 0.2) is 0 Å². The summed E-state index contributed by atoms with van der Waals surface area (Å²) in [7, 11) is 1.73. The van der Waals surface area contributed by atoms with Gasteiger partial charge in [-0.25, -0.2) is 0 Å². The molecule has 1 saturated carbocycles. The molecule has 18 heavy (non-hydrogen) atoms. The SMILES string of the molecule is CCC1(C(=O)N(C)CC(=O)NC2CC2)CCNC1. The van der Waals surface area contributed by atoms with Crippen LogP contribution in [0, 0.1) is 5.41 Å². The van der Waals surface area contributed by atoms with Gasteiger partial charge in [0.1, 0.15) is 0 Å². The van der Waals surface area contributed by atoms with Gasteiger partial charge >= 0.3 is 0 Å². The van der Waals surface area contributed by atoms with Crippen LogP contribution >= 0.6 is 0 Å². The molecule has 5 heteroatoms. The zero-order valence-corrected chi connectivity index (χ0v) is 11.3. The number of rotatable bonds is 5. The Morgan fingerprint density at radius 1 is 1.44 bits per heavy atom. The summed E-state index contributed by atoms with van der Waals surface area (Å²) in [5.41, 5.74) is -0.297. The van der Waals surface area contributed by atoms with Crippen molar-refractivity contribution in [3.63, 3.8) is 0 Å². The highest BCUT2D eigenvalue weighted by Gasteiger charge is 2.41. The lowest BCUT2D eigenvalue weighted by atomic mass is 9.83. The summed E-state index contributed by atoms with van der Waals surface area (Å²) in [4.78, 5) is 25.7. The molecule has 1 aliphatic carbocycles. The van der Waals surface area contributed by atoms with E-state index < -0.39 is 0 Å². The molecule has 0 spiro atoms. The largest absolute Gasteiger partial charge is 0.352 e. The van der Waals surface area contributed by atoms with Crippen LogP contribution in [0.25, 0.3) is 0 Å². The van der Waals surface area contributed by atoms with Crippen molar-refractivity contribution in [2.75, 3.05) is 26.7 Å².